The molecule has 0 aromatic carbocycles. The highest BCUT2D eigenvalue weighted by Crippen LogP contribution is 2.23. The second-order valence-electron chi connectivity index (χ2n) is 2.62. The summed E-state index contributed by atoms with van der Waals surface area (Å²) >= 11 is 7.22. The van der Waals surface area contributed by atoms with Crippen molar-refractivity contribution >= 4 is 28.7 Å². The Hall–Kier alpha value is -0.380. The standard InChI is InChI=1S/C9H12ClNOS/c1-2-11-5-3-8(12)9-7(10)4-6-13-9/h4,6,11H,2-3,5H2,1H3. The van der Waals surface area contributed by atoms with E-state index in [1.807, 2.05) is 12.3 Å². The Balaban J connectivity index is 2.45. The second-order valence-corrected chi connectivity index (χ2v) is 3.95. The summed E-state index contributed by atoms with van der Waals surface area (Å²) in [5, 5.41) is 5.51. The lowest BCUT2D eigenvalue weighted by atomic mass is 10.2. The SMILES string of the molecule is CCNCCC(=O)c1sccc1Cl. The molecule has 2 nitrogen and oxygen atoms in total. The Morgan fingerprint density at radius 2 is 2.46 bits per heavy atom. The smallest absolute Gasteiger partial charge is 0.175 e. The molecule has 0 unspecified atom stereocenters. The molecule has 1 aromatic heterocycles. The molecule has 4 heteroatoms. The third kappa shape index (κ3) is 3.10. The summed E-state index contributed by atoms with van der Waals surface area (Å²) in [6.07, 6.45) is 0.522. The predicted molar refractivity (Wildman–Crippen MR) is 56.8 cm³/mol. The molecule has 0 bridgehead atoms. The normalized spacial score (nSPS) is 10.3. The lowest BCUT2D eigenvalue weighted by molar-refractivity contribution is 0.0987. The van der Waals surface area contributed by atoms with E-state index in [9.17, 15) is 4.79 Å². The first-order chi connectivity index (χ1) is 6.25. The fraction of sp³-hybridized carbons (Fsp3) is 0.444. The molecule has 13 heavy (non-hydrogen) atoms. The molecule has 0 spiro atoms. The number of rotatable bonds is 5. The van der Waals surface area contributed by atoms with Crippen LogP contribution in [0.4, 0.5) is 0 Å². The molecular weight excluding hydrogens is 206 g/mol. The minimum absolute atomic E-state index is 0.126. The molecule has 1 aromatic rings. The van der Waals surface area contributed by atoms with Crippen molar-refractivity contribution in [1.82, 2.24) is 5.32 Å². The summed E-state index contributed by atoms with van der Waals surface area (Å²) in [6.45, 7) is 3.64. The van der Waals surface area contributed by atoms with Crippen LogP contribution in [0.25, 0.3) is 0 Å². The van der Waals surface area contributed by atoms with Crippen LogP contribution in [-0.4, -0.2) is 18.9 Å². The lowest BCUT2D eigenvalue weighted by Gasteiger charge is -1.99. The molecule has 0 aliphatic rings. The van der Waals surface area contributed by atoms with Crippen molar-refractivity contribution in [2.24, 2.45) is 0 Å². The molecule has 1 heterocycles. The first kappa shape index (κ1) is 10.7. The highest BCUT2D eigenvalue weighted by molar-refractivity contribution is 7.12. The zero-order valence-electron chi connectivity index (χ0n) is 7.47. The molecule has 0 amide bonds. The van der Waals surface area contributed by atoms with Crippen molar-refractivity contribution in [2.45, 2.75) is 13.3 Å². The van der Waals surface area contributed by atoms with Gasteiger partial charge in [-0.05, 0) is 18.0 Å². The van der Waals surface area contributed by atoms with E-state index in [4.69, 9.17) is 11.6 Å². The summed E-state index contributed by atoms with van der Waals surface area (Å²) in [5.74, 6) is 0.126. The van der Waals surface area contributed by atoms with Gasteiger partial charge in [0.25, 0.3) is 0 Å². The van der Waals surface area contributed by atoms with Gasteiger partial charge in [-0.3, -0.25) is 4.79 Å². The number of ketones is 1. The lowest BCUT2D eigenvalue weighted by Crippen LogP contribution is -2.17. The molecule has 0 aliphatic heterocycles. The van der Waals surface area contributed by atoms with Gasteiger partial charge in [-0.15, -0.1) is 11.3 Å². The number of thiophene rings is 1. The number of halogens is 1. The average molecular weight is 218 g/mol. The zero-order chi connectivity index (χ0) is 9.68. The summed E-state index contributed by atoms with van der Waals surface area (Å²) in [4.78, 5) is 12.2. The number of Topliss-reactive ketones (excluding diaryl/α,β-unsaturated/α-hetero) is 1. The van der Waals surface area contributed by atoms with Gasteiger partial charge in [0, 0.05) is 13.0 Å². The summed E-state index contributed by atoms with van der Waals surface area (Å²) in [6, 6.07) is 1.76. The number of carbonyl (C=O) groups is 1. The number of hydrogen-bond acceptors (Lipinski definition) is 3. The number of hydrogen-bond donors (Lipinski definition) is 1. The van der Waals surface area contributed by atoms with Crippen LogP contribution >= 0.6 is 22.9 Å². The van der Waals surface area contributed by atoms with Gasteiger partial charge in [0.2, 0.25) is 0 Å². The fourth-order valence-corrected chi connectivity index (χ4v) is 2.12. The fourth-order valence-electron chi connectivity index (χ4n) is 0.985. The van der Waals surface area contributed by atoms with Crippen LogP contribution in [0.2, 0.25) is 5.02 Å². The summed E-state index contributed by atoms with van der Waals surface area (Å²) in [5.41, 5.74) is 0. The molecule has 0 saturated carbocycles. The largest absolute Gasteiger partial charge is 0.317 e. The maximum absolute atomic E-state index is 11.5. The van der Waals surface area contributed by atoms with E-state index >= 15 is 0 Å². The molecule has 1 rings (SSSR count). The van der Waals surface area contributed by atoms with Crippen LogP contribution in [0.15, 0.2) is 11.4 Å². The van der Waals surface area contributed by atoms with Crippen LogP contribution in [0.3, 0.4) is 0 Å². The predicted octanol–water partition coefficient (Wildman–Crippen LogP) is 2.58. The Morgan fingerprint density at radius 1 is 1.69 bits per heavy atom. The molecule has 0 atom stereocenters. The minimum atomic E-state index is 0.126. The van der Waals surface area contributed by atoms with Crippen molar-refractivity contribution in [3.05, 3.63) is 21.3 Å². The van der Waals surface area contributed by atoms with Crippen LogP contribution < -0.4 is 5.32 Å². The summed E-state index contributed by atoms with van der Waals surface area (Å²) < 4.78 is 0. The average Bonchev–Trinajstić information content (AvgIpc) is 2.52. The second kappa shape index (κ2) is 5.37. The molecular formula is C9H12ClNOS. The molecule has 0 aliphatic carbocycles. The third-order valence-corrected chi connectivity index (χ3v) is 3.03. The van der Waals surface area contributed by atoms with Gasteiger partial charge in [0.05, 0.1) is 9.90 Å². The molecule has 0 saturated heterocycles. The Bertz CT molecular complexity index is 285. The van der Waals surface area contributed by atoms with Gasteiger partial charge in [-0.2, -0.15) is 0 Å². The van der Waals surface area contributed by atoms with Gasteiger partial charge >= 0.3 is 0 Å². The first-order valence-corrected chi connectivity index (χ1v) is 5.48. The van der Waals surface area contributed by atoms with E-state index in [2.05, 4.69) is 5.32 Å². The summed E-state index contributed by atoms with van der Waals surface area (Å²) in [7, 11) is 0. The molecule has 0 fully saturated rings. The monoisotopic (exact) mass is 217 g/mol. The van der Waals surface area contributed by atoms with E-state index < -0.39 is 0 Å². The number of carbonyl (C=O) groups excluding carboxylic acids is 1. The van der Waals surface area contributed by atoms with Crippen LogP contribution in [0.5, 0.6) is 0 Å². The van der Waals surface area contributed by atoms with Crippen molar-refractivity contribution in [3.8, 4) is 0 Å². The van der Waals surface area contributed by atoms with E-state index in [0.717, 1.165) is 13.1 Å². The Labute approximate surface area is 86.9 Å². The number of nitrogens with one attached hydrogen (secondary N) is 1. The van der Waals surface area contributed by atoms with Gasteiger partial charge < -0.3 is 5.32 Å². The molecule has 1 N–H and O–H groups in total. The van der Waals surface area contributed by atoms with E-state index in [1.165, 1.54) is 11.3 Å². The maximum atomic E-state index is 11.5. The third-order valence-electron chi connectivity index (χ3n) is 1.65. The van der Waals surface area contributed by atoms with Crippen LogP contribution in [0.1, 0.15) is 23.0 Å². The van der Waals surface area contributed by atoms with Crippen molar-refractivity contribution in [2.75, 3.05) is 13.1 Å². The van der Waals surface area contributed by atoms with Crippen molar-refractivity contribution < 1.29 is 4.79 Å². The topological polar surface area (TPSA) is 29.1 Å². The van der Waals surface area contributed by atoms with Crippen molar-refractivity contribution in [3.63, 3.8) is 0 Å². The maximum Gasteiger partial charge on any atom is 0.175 e. The molecule has 72 valence electrons. The van der Waals surface area contributed by atoms with Gasteiger partial charge in [-0.1, -0.05) is 18.5 Å². The first-order valence-electron chi connectivity index (χ1n) is 4.22. The van der Waals surface area contributed by atoms with Gasteiger partial charge in [0.15, 0.2) is 5.78 Å². The van der Waals surface area contributed by atoms with Crippen LogP contribution in [0, 0.1) is 0 Å². The minimum Gasteiger partial charge on any atom is -0.317 e. The Morgan fingerprint density at radius 3 is 3.00 bits per heavy atom. The highest BCUT2D eigenvalue weighted by atomic mass is 35.5. The molecule has 0 radical (unpaired) electrons. The quantitative estimate of drug-likeness (QED) is 0.607. The van der Waals surface area contributed by atoms with Crippen molar-refractivity contribution in [1.29, 1.82) is 0 Å². The zero-order valence-corrected chi connectivity index (χ0v) is 9.04. The van der Waals surface area contributed by atoms with E-state index in [0.29, 0.717) is 16.3 Å². The van der Waals surface area contributed by atoms with Gasteiger partial charge in [-0.25, -0.2) is 0 Å². The van der Waals surface area contributed by atoms with Gasteiger partial charge in [0.1, 0.15) is 0 Å². The van der Waals surface area contributed by atoms with Crippen LogP contribution in [-0.2, 0) is 0 Å². The Kier molecular flexibility index (Phi) is 4.42. The van der Waals surface area contributed by atoms with E-state index in [-0.39, 0.29) is 5.78 Å². The highest BCUT2D eigenvalue weighted by Gasteiger charge is 2.10. The van der Waals surface area contributed by atoms with E-state index in [1.54, 1.807) is 6.07 Å².